The first kappa shape index (κ1) is 14.7. The van der Waals surface area contributed by atoms with Crippen LogP contribution in [-0.2, 0) is 16.0 Å². The van der Waals surface area contributed by atoms with Crippen LogP contribution >= 0.6 is 22.9 Å². The van der Waals surface area contributed by atoms with Crippen molar-refractivity contribution < 1.29 is 9.59 Å². The van der Waals surface area contributed by atoms with Gasteiger partial charge in [-0.25, -0.2) is 4.98 Å². The van der Waals surface area contributed by atoms with Gasteiger partial charge in [-0.05, 0) is 43.0 Å². The normalized spacial score (nSPS) is 16.3. The van der Waals surface area contributed by atoms with Crippen molar-refractivity contribution in [2.24, 2.45) is 0 Å². The van der Waals surface area contributed by atoms with Gasteiger partial charge >= 0.3 is 11.8 Å². The van der Waals surface area contributed by atoms with Gasteiger partial charge < -0.3 is 4.90 Å². The average molecular weight is 348 g/mol. The highest BCUT2D eigenvalue weighted by atomic mass is 35.5. The molecule has 0 spiro atoms. The van der Waals surface area contributed by atoms with E-state index in [1.165, 1.54) is 16.2 Å². The summed E-state index contributed by atoms with van der Waals surface area (Å²) >= 11 is 7.33. The minimum Gasteiger partial charge on any atom is -0.304 e. The largest absolute Gasteiger partial charge is 0.316 e. The summed E-state index contributed by atoms with van der Waals surface area (Å²) in [4.78, 5) is 30.5. The first-order chi connectivity index (χ1) is 11.1. The van der Waals surface area contributed by atoms with Crippen LogP contribution in [0.3, 0.4) is 0 Å². The number of nitrogens with one attached hydrogen (secondary N) is 1. The number of carbonyl (C=O) groups is 2. The van der Waals surface area contributed by atoms with Gasteiger partial charge in [0.1, 0.15) is 0 Å². The summed E-state index contributed by atoms with van der Waals surface area (Å²) in [6.07, 6.45) is 3.02. The number of benzene rings is 1. The molecule has 0 unspecified atom stereocenters. The van der Waals surface area contributed by atoms with Crippen molar-refractivity contribution in [3.8, 4) is 0 Å². The Balaban J connectivity index is 1.47. The number of halogens is 1. The quantitative estimate of drug-likeness (QED) is 0.848. The summed E-state index contributed by atoms with van der Waals surface area (Å²) < 4.78 is 0. The Morgan fingerprint density at radius 3 is 2.96 bits per heavy atom. The third-order valence-corrected chi connectivity index (χ3v) is 5.13. The summed E-state index contributed by atoms with van der Waals surface area (Å²) in [5, 5.41) is 5.69. The maximum absolute atomic E-state index is 12.4. The van der Waals surface area contributed by atoms with E-state index in [9.17, 15) is 9.59 Å². The van der Waals surface area contributed by atoms with E-state index in [0.717, 1.165) is 29.8 Å². The minimum absolute atomic E-state index is 0.487. The van der Waals surface area contributed by atoms with Crippen LogP contribution in [0.15, 0.2) is 23.6 Å². The van der Waals surface area contributed by atoms with Crippen LogP contribution in [0.1, 0.15) is 30.0 Å². The Labute approximate surface area is 142 Å². The number of nitrogens with zero attached hydrogens (tertiary/aromatic N) is 2. The first-order valence-electron chi connectivity index (χ1n) is 7.48. The Morgan fingerprint density at radius 2 is 2.17 bits per heavy atom. The highest BCUT2D eigenvalue weighted by molar-refractivity contribution is 7.14. The molecule has 4 rings (SSSR count). The van der Waals surface area contributed by atoms with Gasteiger partial charge in [0, 0.05) is 28.6 Å². The van der Waals surface area contributed by atoms with Crippen LogP contribution in [0.25, 0.3) is 0 Å². The lowest BCUT2D eigenvalue weighted by Crippen LogP contribution is -2.38. The molecule has 7 heteroatoms. The zero-order valence-corrected chi connectivity index (χ0v) is 13.8. The number of fused-ring (bicyclic) bond motifs is 1. The Kier molecular flexibility index (Phi) is 3.58. The lowest BCUT2D eigenvalue weighted by molar-refractivity contribution is -0.134. The fourth-order valence-electron chi connectivity index (χ4n) is 2.76. The molecule has 2 aromatic rings. The van der Waals surface area contributed by atoms with Gasteiger partial charge in [-0.2, -0.15) is 0 Å². The third kappa shape index (κ3) is 2.84. The predicted octanol–water partition coefficient (Wildman–Crippen LogP) is 3.20. The molecule has 1 saturated carbocycles. The second-order valence-electron chi connectivity index (χ2n) is 5.79. The highest BCUT2D eigenvalue weighted by Gasteiger charge is 2.30. The molecule has 2 aliphatic rings. The molecule has 0 saturated heterocycles. The van der Waals surface area contributed by atoms with Crippen LogP contribution in [0.2, 0.25) is 5.02 Å². The molecule has 0 bridgehead atoms. The standard InChI is InChI=1S/C16H14ClN3O2S/c17-11-3-4-13-10(7-11)5-6-20(13)15(22)14(21)19-16-18-12(8-23-16)9-1-2-9/h3-4,7-9H,1-2,5-6H2,(H,18,19,21). The molecule has 1 aromatic heterocycles. The molecule has 5 nitrogen and oxygen atoms in total. The third-order valence-electron chi connectivity index (χ3n) is 4.11. The topological polar surface area (TPSA) is 62.3 Å². The molecular formula is C16H14ClN3O2S. The second-order valence-corrected chi connectivity index (χ2v) is 7.08. The van der Waals surface area contributed by atoms with Crippen molar-refractivity contribution in [2.75, 3.05) is 16.8 Å². The SMILES string of the molecule is O=C(Nc1nc(C2CC2)cs1)C(=O)N1CCc2cc(Cl)ccc21. The smallest absolute Gasteiger partial charge is 0.304 e. The number of anilines is 2. The van der Waals surface area contributed by atoms with Crippen molar-refractivity contribution in [2.45, 2.75) is 25.2 Å². The average Bonchev–Trinajstić information content (AvgIpc) is 3.14. The van der Waals surface area contributed by atoms with E-state index in [-0.39, 0.29) is 0 Å². The number of carbonyl (C=O) groups excluding carboxylic acids is 2. The molecule has 23 heavy (non-hydrogen) atoms. The van der Waals surface area contributed by atoms with Crippen molar-refractivity contribution in [1.82, 2.24) is 4.98 Å². The van der Waals surface area contributed by atoms with E-state index >= 15 is 0 Å². The summed E-state index contributed by atoms with van der Waals surface area (Å²) in [6, 6.07) is 5.35. The van der Waals surface area contributed by atoms with E-state index < -0.39 is 11.8 Å². The molecule has 1 N–H and O–H groups in total. The van der Waals surface area contributed by atoms with Gasteiger partial charge in [0.15, 0.2) is 5.13 Å². The van der Waals surface area contributed by atoms with Crippen molar-refractivity contribution >= 4 is 45.6 Å². The van der Waals surface area contributed by atoms with Crippen LogP contribution in [0.4, 0.5) is 10.8 Å². The molecule has 2 amide bonds. The minimum atomic E-state index is -0.649. The van der Waals surface area contributed by atoms with Gasteiger partial charge in [-0.15, -0.1) is 11.3 Å². The molecule has 0 radical (unpaired) electrons. The van der Waals surface area contributed by atoms with E-state index in [2.05, 4.69) is 10.3 Å². The van der Waals surface area contributed by atoms with E-state index in [1.807, 2.05) is 11.4 Å². The molecule has 0 atom stereocenters. The molecular weight excluding hydrogens is 334 g/mol. The lowest BCUT2D eigenvalue weighted by atomic mass is 10.2. The van der Waals surface area contributed by atoms with Crippen molar-refractivity contribution in [3.05, 3.63) is 39.9 Å². The molecule has 1 fully saturated rings. The van der Waals surface area contributed by atoms with Gasteiger partial charge in [0.05, 0.1) is 5.69 Å². The number of hydrogen-bond donors (Lipinski definition) is 1. The van der Waals surface area contributed by atoms with Crippen LogP contribution < -0.4 is 10.2 Å². The van der Waals surface area contributed by atoms with Gasteiger partial charge in [0.2, 0.25) is 0 Å². The maximum Gasteiger partial charge on any atom is 0.316 e. The maximum atomic E-state index is 12.4. The summed E-state index contributed by atoms with van der Waals surface area (Å²) in [5.41, 5.74) is 2.76. The predicted molar refractivity (Wildman–Crippen MR) is 90.2 cm³/mol. The molecule has 1 aromatic carbocycles. The van der Waals surface area contributed by atoms with Crippen LogP contribution in [0, 0.1) is 0 Å². The van der Waals surface area contributed by atoms with Gasteiger partial charge in [-0.3, -0.25) is 14.9 Å². The van der Waals surface area contributed by atoms with Crippen LogP contribution in [0.5, 0.6) is 0 Å². The fourth-order valence-corrected chi connectivity index (χ4v) is 3.75. The zero-order valence-electron chi connectivity index (χ0n) is 12.2. The summed E-state index contributed by atoms with van der Waals surface area (Å²) in [6.45, 7) is 0.493. The molecule has 1 aliphatic heterocycles. The van der Waals surface area contributed by atoms with Crippen LogP contribution in [-0.4, -0.2) is 23.3 Å². The number of amides is 2. The second kappa shape index (κ2) is 5.62. The summed E-state index contributed by atoms with van der Waals surface area (Å²) in [7, 11) is 0. The number of hydrogen-bond acceptors (Lipinski definition) is 4. The van der Waals surface area contributed by atoms with Gasteiger partial charge in [0.25, 0.3) is 0 Å². The highest BCUT2D eigenvalue weighted by Crippen LogP contribution is 2.40. The first-order valence-corrected chi connectivity index (χ1v) is 8.74. The summed E-state index contributed by atoms with van der Waals surface area (Å²) in [5.74, 6) is -0.679. The number of rotatable bonds is 2. The fraction of sp³-hybridized carbons (Fsp3) is 0.312. The van der Waals surface area contributed by atoms with E-state index in [0.29, 0.717) is 29.0 Å². The van der Waals surface area contributed by atoms with Gasteiger partial charge in [-0.1, -0.05) is 11.6 Å². The Bertz CT molecular complexity index is 800. The molecule has 2 heterocycles. The Morgan fingerprint density at radius 1 is 1.35 bits per heavy atom. The zero-order chi connectivity index (χ0) is 16.0. The van der Waals surface area contributed by atoms with E-state index in [4.69, 9.17) is 11.6 Å². The number of aromatic nitrogens is 1. The lowest BCUT2D eigenvalue weighted by Gasteiger charge is -2.16. The van der Waals surface area contributed by atoms with E-state index in [1.54, 1.807) is 12.1 Å². The van der Waals surface area contributed by atoms with Crippen molar-refractivity contribution in [1.29, 1.82) is 0 Å². The number of thiazole rings is 1. The molecule has 118 valence electrons. The van der Waals surface area contributed by atoms with Crippen molar-refractivity contribution in [3.63, 3.8) is 0 Å². The monoisotopic (exact) mass is 347 g/mol. The Hall–Kier alpha value is -1.92. The molecule has 1 aliphatic carbocycles.